The molecule has 1 heterocycles. The van der Waals surface area contributed by atoms with Crippen LogP contribution in [0.25, 0.3) is 22.6 Å². The second-order valence-electron chi connectivity index (χ2n) is 7.74. The Labute approximate surface area is 208 Å². The van der Waals surface area contributed by atoms with Crippen LogP contribution >= 0.6 is 11.6 Å². The second-order valence-corrected chi connectivity index (χ2v) is 8.17. The van der Waals surface area contributed by atoms with Gasteiger partial charge in [0.15, 0.2) is 5.58 Å². The van der Waals surface area contributed by atoms with Crippen LogP contribution in [-0.2, 0) is 5.67 Å². The van der Waals surface area contributed by atoms with Crippen molar-refractivity contribution in [2.24, 2.45) is 0 Å². The number of anilines is 1. The van der Waals surface area contributed by atoms with Gasteiger partial charge in [0.25, 0.3) is 5.91 Å². The van der Waals surface area contributed by atoms with Crippen molar-refractivity contribution in [2.45, 2.75) is 18.0 Å². The maximum atomic E-state index is 14.5. The third-order valence-corrected chi connectivity index (χ3v) is 5.58. The van der Waals surface area contributed by atoms with Crippen molar-refractivity contribution in [1.29, 1.82) is 0 Å². The van der Waals surface area contributed by atoms with Crippen molar-refractivity contribution in [3.63, 3.8) is 0 Å². The maximum Gasteiger partial charge on any atom is 0.435 e. The molecule has 0 aliphatic carbocycles. The van der Waals surface area contributed by atoms with Crippen molar-refractivity contribution in [1.82, 2.24) is 4.98 Å². The number of amides is 1. The number of hydrogen-bond donors (Lipinski definition) is 1. The largest absolute Gasteiger partial charge is 0.496 e. The highest BCUT2D eigenvalue weighted by atomic mass is 35.5. The minimum Gasteiger partial charge on any atom is -0.496 e. The Kier molecular flexibility index (Phi) is 6.57. The molecule has 0 saturated heterocycles. The zero-order valence-electron chi connectivity index (χ0n) is 18.5. The first-order valence-electron chi connectivity index (χ1n) is 10.2. The molecule has 37 heavy (non-hydrogen) atoms. The molecule has 1 aromatic heterocycles. The number of halogens is 8. The van der Waals surface area contributed by atoms with Gasteiger partial charge in [0.05, 0.1) is 12.7 Å². The molecule has 4 aromatic rings. The summed E-state index contributed by atoms with van der Waals surface area (Å²) in [6.45, 7) is 0. The fourth-order valence-corrected chi connectivity index (χ4v) is 3.72. The quantitative estimate of drug-likeness (QED) is 0.261. The van der Waals surface area contributed by atoms with E-state index in [9.17, 15) is 35.5 Å². The highest BCUT2D eigenvalue weighted by Crippen LogP contribution is 2.53. The highest BCUT2D eigenvalue weighted by molar-refractivity contribution is 6.31. The number of alkyl halides is 7. The van der Waals surface area contributed by atoms with Gasteiger partial charge in [-0.15, -0.1) is 0 Å². The molecule has 0 fully saturated rings. The van der Waals surface area contributed by atoms with Crippen LogP contribution in [0.3, 0.4) is 0 Å². The van der Waals surface area contributed by atoms with E-state index in [1.54, 1.807) is 12.1 Å². The van der Waals surface area contributed by atoms with Gasteiger partial charge < -0.3 is 14.5 Å². The summed E-state index contributed by atoms with van der Waals surface area (Å²) in [5.41, 5.74) is -7.40. The van der Waals surface area contributed by atoms with Crippen molar-refractivity contribution in [2.75, 3.05) is 12.4 Å². The van der Waals surface area contributed by atoms with E-state index < -0.39 is 35.1 Å². The molecule has 0 radical (unpaired) electrons. The molecule has 3 aromatic carbocycles. The number of ether oxygens (including phenoxy) is 1. The molecule has 1 N–H and O–H groups in total. The van der Waals surface area contributed by atoms with Gasteiger partial charge in [-0.1, -0.05) is 23.7 Å². The number of rotatable bonds is 5. The minimum absolute atomic E-state index is 0.113. The summed E-state index contributed by atoms with van der Waals surface area (Å²) in [6.07, 6.45) is -12.6. The summed E-state index contributed by atoms with van der Waals surface area (Å²) in [5, 5.41) is 2.96. The smallest absolute Gasteiger partial charge is 0.435 e. The Bertz CT molecular complexity index is 1470. The molecule has 0 aliphatic rings. The van der Waals surface area contributed by atoms with Gasteiger partial charge in [-0.05, 0) is 48.5 Å². The maximum absolute atomic E-state index is 14.5. The molecule has 13 heteroatoms. The van der Waals surface area contributed by atoms with E-state index in [1.165, 1.54) is 37.4 Å². The van der Waals surface area contributed by atoms with E-state index in [1.807, 2.05) is 0 Å². The first-order valence-corrected chi connectivity index (χ1v) is 10.6. The molecule has 0 unspecified atom stereocenters. The van der Waals surface area contributed by atoms with Gasteiger partial charge in [0.2, 0.25) is 5.89 Å². The monoisotopic (exact) mass is 546 g/mol. The van der Waals surface area contributed by atoms with Crippen LogP contribution in [0.15, 0.2) is 65.1 Å². The Morgan fingerprint density at radius 2 is 1.65 bits per heavy atom. The molecular weight excluding hydrogens is 533 g/mol. The fraction of sp³-hybridized carbons (Fsp3) is 0.167. The van der Waals surface area contributed by atoms with Gasteiger partial charge in [-0.2, -0.15) is 26.3 Å². The topological polar surface area (TPSA) is 64.4 Å². The van der Waals surface area contributed by atoms with Gasteiger partial charge in [0.1, 0.15) is 11.3 Å². The summed E-state index contributed by atoms with van der Waals surface area (Å²) in [5.74, 6) is -0.608. The molecule has 0 saturated carbocycles. The Morgan fingerprint density at radius 1 is 0.946 bits per heavy atom. The molecule has 5 nitrogen and oxygen atoms in total. The zero-order valence-corrected chi connectivity index (χ0v) is 19.2. The van der Waals surface area contributed by atoms with Crippen LogP contribution in [-0.4, -0.2) is 30.4 Å². The number of nitrogens with one attached hydrogen (secondary N) is 1. The number of aromatic nitrogens is 1. The van der Waals surface area contributed by atoms with E-state index >= 15 is 0 Å². The van der Waals surface area contributed by atoms with Crippen LogP contribution < -0.4 is 10.1 Å². The van der Waals surface area contributed by atoms with Gasteiger partial charge in [0, 0.05) is 21.8 Å². The van der Waals surface area contributed by atoms with Crippen LogP contribution in [0, 0.1) is 0 Å². The predicted molar refractivity (Wildman–Crippen MR) is 120 cm³/mol. The van der Waals surface area contributed by atoms with Crippen LogP contribution in [0.5, 0.6) is 5.75 Å². The van der Waals surface area contributed by atoms with Crippen molar-refractivity contribution in [3.8, 4) is 17.2 Å². The molecule has 0 aliphatic heterocycles. The van der Waals surface area contributed by atoms with Crippen LogP contribution in [0.2, 0.25) is 5.02 Å². The zero-order chi connectivity index (χ0) is 27.2. The summed E-state index contributed by atoms with van der Waals surface area (Å²) >= 11 is 5.90. The number of oxazole rings is 1. The third kappa shape index (κ3) is 4.80. The summed E-state index contributed by atoms with van der Waals surface area (Å²) in [7, 11) is 1.30. The van der Waals surface area contributed by atoms with E-state index in [2.05, 4.69) is 10.3 Å². The van der Waals surface area contributed by atoms with E-state index in [0.29, 0.717) is 17.2 Å². The van der Waals surface area contributed by atoms with E-state index in [0.717, 1.165) is 6.07 Å². The summed E-state index contributed by atoms with van der Waals surface area (Å²) < 4.78 is 104. The molecule has 1 amide bonds. The number of methoxy groups -OCH3 is 1. The lowest BCUT2D eigenvalue weighted by Gasteiger charge is -2.30. The number of hydrogen-bond acceptors (Lipinski definition) is 4. The highest BCUT2D eigenvalue weighted by Gasteiger charge is 2.73. The third-order valence-electron chi connectivity index (χ3n) is 5.34. The molecule has 4 rings (SSSR count). The number of carbonyl (C=O) groups is 1. The Balaban J connectivity index is 1.74. The first-order chi connectivity index (χ1) is 17.2. The Hall–Kier alpha value is -3.80. The first kappa shape index (κ1) is 26.3. The number of fused-ring (bicyclic) bond motifs is 1. The Morgan fingerprint density at radius 3 is 2.27 bits per heavy atom. The number of nitrogens with zero attached hydrogens (tertiary/aromatic N) is 1. The predicted octanol–water partition coefficient (Wildman–Crippen LogP) is 7.70. The number of benzene rings is 3. The lowest BCUT2D eigenvalue weighted by atomic mass is 9.94. The van der Waals surface area contributed by atoms with Crippen molar-refractivity contribution in [3.05, 3.63) is 76.8 Å². The molecular formula is C24H14ClF7N2O3. The average molecular weight is 547 g/mol. The van der Waals surface area contributed by atoms with Gasteiger partial charge >= 0.3 is 18.0 Å². The lowest BCUT2D eigenvalue weighted by molar-refractivity contribution is -0.348. The average Bonchev–Trinajstić information content (AvgIpc) is 3.25. The normalized spacial score (nSPS) is 12.6. The van der Waals surface area contributed by atoms with Crippen molar-refractivity contribution >= 4 is 34.3 Å². The van der Waals surface area contributed by atoms with Crippen LogP contribution in [0.1, 0.15) is 15.9 Å². The van der Waals surface area contributed by atoms with Gasteiger partial charge in [-0.25, -0.2) is 9.37 Å². The number of carbonyl (C=O) groups excluding carboxylic acids is 1. The molecule has 0 bridgehead atoms. The van der Waals surface area contributed by atoms with Crippen LogP contribution in [0.4, 0.5) is 36.4 Å². The molecule has 194 valence electrons. The lowest BCUT2D eigenvalue weighted by Crippen LogP contribution is -2.50. The fourth-order valence-electron chi connectivity index (χ4n) is 3.53. The second kappa shape index (κ2) is 9.25. The minimum atomic E-state index is -6.28. The van der Waals surface area contributed by atoms with Gasteiger partial charge in [-0.3, -0.25) is 4.79 Å². The summed E-state index contributed by atoms with van der Waals surface area (Å²) in [4.78, 5) is 16.6. The SMILES string of the molecule is COc1ccc(NC(=O)c2cccc(Cl)c2)cc1-c1nc2ccc(C(F)(C(F)(F)F)C(F)(F)F)cc2o1. The van der Waals surface area contributed by atoms with E-state index in [4.69, 9.17) is 20.8 Å². The molecule has 0 atom stereocenters. The standard InChI is InChI=1S/C24H14ClF7N2O3/c1-36-18-8-6-15(33-20(35)12-3-2-4-14(25)9-12)11-16(18)21-34-17-7-5-13(10-19(17)37-21)22(26,23(27,28)29)24(30,31)32/h2-11H,1H3,(H,33,35). The molecule has 0 spiro atoms. The van der Waals surface area contributed by atoms with Crippen molar-refractivity contribution < 1.29 is 44.7 Å². The van der Waals surface area contributed by atoms with E-state index in [-0.39, 0.29) is 34.0 Å². The summed E-state index contributed by atoms with van der Waals surface area (Å²) in [6, 6.07) is 11.8.